The lowest BCUT2D eigenvalue weighted by atomic mass is 9.63. The third-order valence-corrected chi connectivity index (χ3v) is 4.51. The van der Waals surface area contributed by atoms with Gasteiger partial charge < -0.3 is 10.5 Å². The number of hydrogen-bond acceptors (Lipinski definition) is 2. The van der Waals surface area contributed by atoms with Crippen molar-refractivity contribution in [2.24, 2.45) is 17.1 Å². The third-order valence-electron chi connectivity index (χ3n) is 4.27. The zero-order valence-electron chi connectivity index (χ0n) is 13.0. The molecule has 1 aromatic rings. The maximum absolute atomic E-state index is 6.73. The molecule has 1 fully saturated rings. The molecule has 2 atom stereocenters. The maximum Gasteiger partial charge on any atom is 0.122 e. The lowest BCUT2D eigenvalue weighted by Crippen LogP contribution is -2.50. The molecule has 2 rings (SSSR count). The number of rotatable bonds is 3. The topological polar surface area (TPSA) is 35.2 Å². The summed E-state index contributed by atoms with van der Waals surface area (Å²) in [6.45, 7) is 6.94. The Bertz CT molecular complexity index is 486. The molecule has 1 saturated carbocycles. The lowest BCUT2D eigenvalue weighted by molar-refractivity contribution is 0.107. The number of hydrogen-bond donors (Lipinski definition) is 1. The van der Waals surface area contributed by atoms with E-state index in [-0.39, 0.29) is 5.54 Å². The Labute approximate surface area is 127 Å². The second-order valence-electron chi connectivity index (χ2n) is 7.35. The summed E-state index contributed by atoms with van der Waals surface area (Å²) in [5.74, 6) is 1.55. The molecule has 0 heterocycles. The van der Waals surface area contributed by atoms with E-state index in [0.29, 0.717) is 11.3 Å². The first-order chi connectivity index (χ1) is 9.23. The van der Waals surface area contributed by atoms with Gasteiger partial charge in [-0.05, 0) is 60.8 Å². The molecule has 20 heavy (non-hydrogen) atoms. The molecule has 0 aliphatic heterocycles. The molecule has 3 heteroatoms. The van der Waals surface area contributed by atoms with E-state index < -0.39 is 0 Å². The minimum absolute atomic E-state index is 0.168. The van der Waals surface area contributed by atoms with Crippen LogP contribution in [-0.2, 0) is 6.42 Å². The first-order valence-corrected chi connectivity index (χ1v) is 7.72. The first-order valence-electron chi connectivity index (χ1n) is 7.34. The molecule has 0 saturated heterocycles. The molecule has 0 bridgehead atoms. The lowest BCUT2D eigenvalue weighted by Gasteiger charge is -2.46. The fourth-order valence-corrected chi connectivity index (χ4v) is 4.40. The molecule has 0 amide bonds. The van der Waals surface area contributed by atoms with E-state index in [1.165, 1.54) is 6.42 Å². The van der Waals surface area contributed by atoms with E-state index in [2.05, 4.69) is 20.8 Å². The average Bonchev–Trinajstić information content (AvgIpc) is 2.24. The van der Waals surface area contributed by atoms with Gasteiger partial charge in [0.1, 0.15) is 5.75 Å². The minimum Gasteiger partial charge on any atom is -0.496 e. The minimum atomic E-state index is -0.168. The highest BCUT2D eigenvalue weighted by Crippen LogP contribution is 2.44. The predicted octanol–water partition coefficient (Wildman–Crippen LogP) is 4.43. The second-order valence-corrected chi connectivity index (χ2v) is 7.79. The van der Waals surface area contributed by atoms with Gasteiger partial charge in [0.25, 0.3) is 0 Å². The van der Waals surface area contributed by atoms with Gasteiger partial charge in [0.15, 0.2) is 0 Å². The number of halogens is 1. The Kier molecular flexibility index (Phi) is 4.36. The summed E-state index contributed by atoms with van der Waals surface area (Å²) in [6, 6.07) is 5.78. The molecule has 2 unspecified atom stereocenters. The van der Waals surface area contributed by atoms with Crippen LogP contribution in [0.5, 0.6) is 5.75 Å². The second kappa shape index (κ2) is 5.57. The van der Waals surface area contributed by atoms with E-state index in [0.717, 1.165) is 35.6 Å². The van der Waals surface area contributed by atoms with Crippen LogP contribution in [0.1, 0.15) is 45.6 Å². The molecular weight excluding hydrogens is 270 g/mol. The van der Waals surface area contributed by atoms with Gasteiger partial charge in [0.05, 0.1) is 7.11 Å². The molecule has 2 N–H and O–H groups in total. The highest BCUT2D eigenvalue weighted by atomic mass is 35.5. The summed E-state index contributed by atoms with van der Waals surface area (Å²) in [6.07, 6.45) is 4.18. The summed E-state index contributed by atoms with van der Waals surface area (Å²) in [4.78, 5) is 0. The average molecular weight is 296 g/mol. The zero-order chi connectivity index (χ0) is 15.0. The zero-order valence-corrected chi connectivity index (χ0v) is 13.8. The Hall–Kier alpha value is -0.730. The fraction of sp³-hybridized carbons (Fsp3) is 0.647. The van der Waals surface area contributed by atoms with Gasteiger partial charge in [-0.2, -0.15) is 0 Å². The van der Waals surface area contributed by atoms with Crippen molar-refractivity contribution in [3.05, 3.63) is 28.8 Å². The molecule has 112 valence electrons. The van der Waals surface area contributed by atoms with Crippen LogP contribution in [0.15, 0.2) is 18.2 Å². The van der Waals surface area contributed by atoms with Crippen LogP contribution in [0.3, 0.4) is 0 Å². The Morgan fingerprint density at radius 3 is 2.65 bits per heavy atom. The monoisotopic (exact) mass is 295 g/mol. The fourth-order valence-electron chi connectivity index (χ4n) is 4.21. The summed E-state index contributed by atoms with van der Waals surface area (Å²) in [5.41, 5.74) is 7.99. The Balaban J connectivity index is 2.26. The van der Waals surface area contributed by atoms with Crippen molar-refractivity contribution in [1.82, 2.24) is 0 Å². The Morgan fingerprint density at radius 2 is 2.05 bits per heavy atom. The van der Waals surface area contributed by atoms with Crippen LogP contribution in [0, 0.1) is 11.3 Å². The van der Waals surface area contributed by atoms with Crippen LogP contribution in [0.2, 0.25) is 5.02 Å². The highest BCUT2D eigenvalue weighted by molar-refractivity contribution is 6.30. The summed E-state index contributed by atoms with van der Waals surface area (Å²) >= 11 is 6.13. The SMILES string of the molecule is COc1ccc(Cl)cc1CC1(N)CC(C)CC(C)(C)C1. The molecule has 1 aliphatic rings. The molecule has 1 aliphatic carbocycles. The Morgan fingerprint density at radius 1 is 1.35 bits per heavy atom. The van der Waals surface area contributed by atoms with E-state index in [4.69, 9.17) is 22.1 Å². The molecule has 1 aromatic carbocycles. The van der Waals surface area contributed by atoms with Crippen LogP contribution < -0.4 is 10.5 Å². The standard InChI is InChI=1S/C17H26ClNO/c1-12-8-16(2,3)11-17(19,9-12)10-13-7-14(18)5-6-15(13)20-4/h5-7,12H,8-11,19H2,1-4H3. The molecule has 2 nitrogen and oxygen atoms in total. The predicted molar refractivity (Wildman–Crippen MR) is 85.4 cm³/mol. The van der Waals surface area contributed by atoms with Crippen molar-refractivity contribution < 1.29 is 4.74 Å². The van der Waals surface area contributed by atoms with Gasteiger partial charge in [0.2, 0.25) is 0 Å². The van der Waals surface area contributed by atoms with E-state index in [1.54, 1.807) is 7.11 Å². The largest absolute Gasteiger partial charge is 0.496 e. The first kappa shape index (κ1) is 15.7. The number of nitrogens with two attached hydrogens (primary N) is 1. The quantitative estimate of drug-likeness (QED) is 0.895. The van der Waals surface area contributed by atoms with Gasteiger partial charge >= 0.3 is 0 Å². The van der Waals surface area contributed by atoms with Crippen molar-refractivity contribution in [2.75, 3.05) is 7.11 Å². The van der Waals surface area contributed by atoms with Gasteiger partial charge in [-0.3, -0.25) is 0 Å². The number of methoxy groups -OCH3 is 1. The molecule has 0 radical (unpaired) electrons. The van der Waals surface area contributed by atoms with Crippen molar-refractivity contribution in [3.8, 4) is 5.75 Å². The van der Waals surface area contributed by atoms with Gasteiger partial charge in [-0.15, -0.1) is 0 Å². The number of ether oxygens (including phenoxy) is 1. The normalized spacial score (nSPS) is 29.2. The van der Waals surface area contributed by atoms with Crippen LogP contribution in [0.4, 0.5) is 0 Å². The smallest absolute Gasteiger partial charge is 0.122 e. The maximum atomic E-state index is 6.73. The van der Waals surface area contributed by atoms with E-state index in [9.17, 15) is 0 Å². The molecule has 0 spiro atoms. The van der Waals surface area contributed by atoms with Gasteiger partial charge in [-0.25, -0.2) is 0 Å². The molecule has 0 aromatic heterocycles. The molecular formula is C17H26ClNO. The summed E-state index contributed by atoms with van der Waals surface area (Å²) in [7, 11) is 1.70. The van der Waals surface area contributed by atoms with Crippen LogP contribution in [-0.4, -0.2) is 12.6 Å². The highest BCUT2D eigenvalue weighted by Gasteiger charge is 2.40. The summed E-state index contributed by atoms with van der Waals surface area (Å²) < 4.78 is 5.45. The van der Waals surface area contributed by atoms with Gasteiger partial charge in [-0.1, -0.05) is 32.4 Å². The van der Waals surface area contributed by atoms with Crippen molar-refractivity contribution in [2.45, 2.75) is 52.0 Å². The van der Waals surface area contributed by atoms with E-state index in [1.807, 2.05) is 18.2 Å². The van der Waals surface area contributed by atoms with E-state index >= 15 is 0 Å². The van der Waals surface area contributed by atoms with Crippen LogP contribution in [0.25, 0.3) is 0 Å². The van der Waals surface area contributed by atoms with Crippen molar-refractivity contribution in [3.63, 3.8) is 0 Å². The van der Waals surface area contributed by atoms with Crippen molar-refractivity contribution in [1.29, 1.82) is 0 Å². The van der Waals surface area contributed by atoms with Crippen molar-refractivity contribution >= 4 is 11.6 Å². The van der Waals surface area contributed by atoms with Crippen LogP contribution >= 0.6 is 11.6 Å². The number of benzene rings is 1. The van der Waals surface area contributed by atoms with Gasteiger partial charge in [0, 0.05) is 10.6 Å². The third kappa shape index (κ3) is 3.67. The summed E-state index contributed by atoms with van der Waals surface area (Å²) in [5, 5.41) is 0.743.